The van der Waals surface area contributed by atoms with Crippen molar-refractivity contribution in [3.05, 3.63) is 88.3 Å². The molecule has 1 aromatic heterocycles. The van der Waals surface area contributed by atoms with E-state index in [0.29, 0.717) is 12.3 Å². The number of guanidine groups is 1. The van der Waals surface area contributed by atoms with Gasteiger partial charge in [-0.1, -0.05) is 6.07 Å². The Bertz CT molecular complexity index is 1480. The molecule has 0 atom stereocenters. The van der Waals surface area contributed by atoms with Crippen LogP contribution in [0.15, 0.2) is 53.7 Å². The molecule has 39 heavy (non-hydrogen) atoms. The van der Waals surface area contributed by atoms with E-state index in [1.807, 2.05) is 5.32 Å². The van der Waals surface area contributed by atoms with E-state index in [0.717, 1.165) is 36.4 Å². The van der Waals surface area contributed by atoms with Crippen LogP contribution in [0.3, 0.4) is 0 Å². The highest BCUT2D eigenvalue weighted by Crippen LogP contribution is 2.35. The second kappa shape index (κ2) is 11.2. The molecule has 0 bridgehead atoms. The summed E-state index contributed by atoms with van der Waals surface area (Å²) in [4.78, 5) is 40.8. The molecule has 2 aromatic carbocycles. The van der Waals surface area contributed by atoms with Crippen molar-refractivity contribution >= 4 is 29.6 Å². The van der Waals surface area contributed by atoms with Gasteiger partial charge in [-0.15, -0.1) is 0 Å². The van der Waals surface area contributed by atoms with Crippen LogP contribution in [0.4, 0.5) is 32.8 Å². The van der Waals surface area contributed by atoms with Crippen LogP contribution in [0, 0.1) is 28.5 Å². The number of hydrogen-bond donors (Lipinski definition) is 3. The van der Waals surface area contributed by atoms with Crippen molar-refractivity contribution in [2.24, 2.45) is 4.99 Å². The van der Waals surface area contributed by atoms with Crippen LogP contribution in [-0.4, -0.2) is 34.6 Å². The number of ether oxygens (including phenoxy) is 1. The monoisotopic (exact) mass is 548 g/mol. The zero-order valence-electron chi connectivity index (χ0n) is 20.5. The highest BCUT2D eigenvalue weighted by atomic mass is 19.1. The first kappa shape index (κ1) is 28.6. The molecule has 14 heteroatoms. The first-order valence-corrected chi connectivity index (χ1v) is 11.0. The van der Waals surface area contributed by atoms with Gasteiger partial charge in [0, 0.05) is 12.1 Å². The average molecular weight is 548 g/mol. The van der Waals surface area contributed by atoms with Gasteiger partial charge in [0.25, 0.3) is 5.69 Å². The lowest BCUT2D eigenvalue weighted by Gasteiger charge is -2.20. The number of alkyl carbamates (subject to hydrolysis) is 1. The minimum atomic E-state index is -1.77. The van der Waals surface area contributed by atoms with Gasteiger partial charge in [0.1, 0.15) is 34.4 Å². The van der Waals surface area contributed by atoms with Crippen LogP contribution < -0.4 is 15.4 Å². The van der Waals surface area contributed by atoms with Crippen molar-refractivity contribution in [2.75, 3.05) is 0 Å². The van der Waals surface area contributed by atoms with Gasteiger partial charge in [0.15, 0.2) is 17.7 Å². The molecule has 204 valence electrons. The van der Waals surface area contributed by atoms with Gasteiger partial charge in [-0.2, -0.15) is 4.73 Å². The Morgan fingerprint density at radius 3 is 2.15 bits per heavy atom. The summed E-state index contributed by atoms with van der Waals surface area (Å²) in [6, 6.07) is 5.39. The SMILES string of the molecule is CC(C)(C)OC(=O)NC(=Nc1c(C(=O)c2ccc(F)cc2F)cc[n+]([O-])c1-c1c(F)cccc1F)NC(=O)O. The number of ketones is 1. The number of amides is 2. The van der Waals surface area contributed by atoms with E-state index in [4.69, 9.17) is 4.74 Å². The third-order valence-electron chi connectivity index (χ3n) is 4.76. The van der Waals surface area contributed by atoms with Crippen LogP contribution in [-0.2, 0) is 4.74 Å². The fourth-order valence-corrected chi connectivity index (χ4v) is 3.30. The van der Waals surface area contributed by atoms with Gasteiger partial charge in [0.05, 0.1) is 11.1 Å². The highest BCUT2D eigenvalue weighted by Gasteiger charge is 2.30. The molecular formula is C25H20F4N4O6. The molecule has 0 aliphatic rings. The van der Waals surface area contributed by atoms with E-state index >= 15 is 0 Å². The molecule has 2 amide bonds. The maximum Gasteiger partial charge on any atom is 0.414 e. The summed E-state index contributed by atoms with van der Waals surface area (Å²) >= 11 is 0. The quantitative estimate of drug-likeness (QED) is 0.109. The predicted molar refractivity (Wildman–Crippen MR) is 128 cm³/mol. The van der Waals surface area contributed by atoms with Crippen molar-refractivity contribution < 1.29 is 46.5 Å². The lowest BCUT2D eigenvalue weighted by Crippen LogP contribution is -2.45. The Kier molecular flexibility index (Phi) is 8.18. The second-order valence-electron chi connectivity index (χ2n) is 8.82. The molecular weight excluding hydrogens is 528 g/mol. The number of pyridine rings is 1. The lowest BCUT2D eigenvalue weighted by atomic mass is 9.98. The number of carbonyl (C=O) groups excluding carboxylic acids is 2. The molecule has 0 saturated heterocycles. The van der Waals surface area contributed by atoms with E-state index in [9.17, 15) is 42.3 Å². The largest absolute Gasteiger partial charge is 0.618 e. The van der Waals surface area contributed by atoms with Gasteiger partial charge in [-0.05, 0) is 45.0 Å². The summed E-state index contributed by atoms with van der Waals surface area (Å²) in [6.45, 7) is 4.50. The first-order chi connectivity index (χ1) is 18.2. The van der Waals surface area contributed by atoms with Gasteiger partial charge >= 0.3 is 12.2 Å². The topological polar surface area (TPSA) is 144 Å². The maximum absolute atomic E-state index is 14.8. The molecule has 3 N–H and O–H groups in total. The number of hydrogen-bond acceptors (Lipinski definition) is 6. The van der Waals surface area contributed by atoms with Gasteiger partial charge in [0.2, 0.25) is 5.96 Å². The molecule has 0 radical (unpaired) electrons. The number of rotatable bonds is 4. The minimum Gasteiger partial charge on any atom is -0.618 e. The number of benzene rings is 2. The second-order valence-corrected chi connectivity index (χ2v) is 8.82. The number of nitrogens with zero attached hydrogens (tertiary/aromatic N) is 2. The van der Waals surface area contributed by atoms with Gasteiger partial charge in [-0.3, -0.25) is 15.4 Å². The molecule has 1 heterocycles. The van der Waals surface area contributed by atoms with Crippen LogP contribution in [0.1, 0.15) is 36.7 Å². The van der Waals surface area contributed by atoms with Crippen LogP contribution in [0.25, 0.3) is 11.3 Å². The summed E-state index contributed by atoms with van der Waals surface area (Å²) in [7, 11) is 0. The summed E-state index contributed by atoms with van der Waals surface area (Å²) in [6.07, 6.45) is -2.32. The molecule has 3 rings (SSSR count). The Morgan fingerprint density at radius 1 is 0.949 bits per heavy atom. The molecule has 0 unspecified atom stereocenters. The molecule has 0 fully saturated rings. The van der Waals surface area contributed by atoms with Crippen molar-refractivity contribution in [1.82, 2.24) is 10.6 Å². The lowest BCUT2D eigenvalue weighted by molar-refractivity contribution is -0.593. The summed E-state index contributed by atoms with van der Waals surface area (Å²) in [5, 5.41) is 25.7. The zero-order chi connectivity index (χ0) is 29.1. The fourth-order valence-electron chi connectivity index (χ4n) is 3.30. The maximum atomic E-state index is 14.8. The number of carbonyl (C=O) groups is 3. The van der Waals surface area contributed by atoms with Crippen molar-refractivity contribution in [1.29, 1.82) is 0 Å². The molecule has 3 aromatic rings. The molecule has 0 aliphatic carbocycles. The van der Waals surface area contributed by atoms with Crippen molar-refractivity contribution in [3.8, 4) is 11.3 Å². The predicted octanol–water partition coefficient (Wildman–Crippen LogP) is 4.55. The Balaban J connectivity index is 2.35. The molecule has 0 spiro atoms. The molecule has 0 aliphatic heterocycles. The zero-order valence-corrected chi connectivity index (χ0v) is 20.5. The van der Waals surface area contributed by atoms with E-state index in [-0.39, 0.29) is 4.73 Å². The van der Waals surface area contributed by atoms with Crippen molar-refractivity contribution in [2.45, 2.75) is 26.4 Å². The highest BCUT2D eigenvalue weighted by molar-refractivity contribution is 6.14. The molecule has 10 nitrogen and oxygen atoms in total. The van der Waals surface area contributed by atoms with E-state index < -0.39 is 80.9 Å². The number of nitrogens with one attached hydrogen (secondary N) is 2. The standard InChI is InChI=1S/C25H20F4N4O6/c1-25(2,3)39-24(37)32-22(31-23(35)36)30-19-14(21(34)13-8-7-12(26)11-17(13)29)9-10-33(38)20(19)18-15(27)5-4-6-16(18)28/h4-11H,1-3H3,(H,35,36)(H2,30,31,32,37). The molecule has 0 saturated carbocycles. The Morgan fingerprint density at radius 2 is 1.59 bits per heavy atom. The number of halogens is 4. The summed E-state index contributed by atoms with van der Waals surface area (Å²) < 4.78 is 62.4. The van der Waals surface area contributed by atoms with Crippen LogP contribution in [0.5, 0.6) is 0 Å². The first-order valence-electron chi connectivity index (χ1n) is 11.0. The van der Waals surface area contributed by atoms with Gasteiger partial charge < -0.3 is 15.1 Å². The number of aromatic nitrogens is 1. The van der Waals surface area contributed by atoms with E-state index in [2.05, 4.69) is 4.99 Å². The third kappa shape index (κ3) is 6.85. The van der Waals surface area contributed by atoms with E-state index in [1.165, 1.54) is 20.8 Å². The van der Waals surface area contributed by atoms with Crippen LogP contribution in [0.2, 0.25) is 0 Å². The Hall–Kier alpha value is -5.01. The Labute approximate surface area is 218 Å². The normalized spacial score (nSPS) is 11.6. The summed E-state index contributed by atoms with van der Waals surface area (Å²) in [5.41, 5.74) is -5.15. The van der Waals surface area contributed by atoms with Gasteiger partial charge in [-0.25, -0.2) is 32.1 Å². The minimum absolute atomic E-state index is 0.0655. The smallest absolute Gasteiger partial charge is 0.414 e. The number of aliphatic imine (C=N–C) groups is 1. The third-order valence-corrected chi connectivity index (χ3v) is 4.76. The summed E-state index contributed by atoms with van der Waals surface area (Å²) in [5.74, 6) is -6.98. The van der Waals surface area contributed by atoms with Crippen LogP contribution >= 0.6 is 0 Å². The fraction of sp³-hybridized carbons (Fsp3) is 0.160. The number of carboxylic acid groups (broad SMARTS) is 1. The van der Waals surface area contributed by atoms with E-state index in [1.54, 1.807) is 5.32 Å². The average Bonchev–Trinajstić information content (AvgIpc) is 2.78. The van der Waals surface area contributed by atoms with Crippen molar-refractivity contribution in [3.63, 3.8) is 0 Å².